The zero-order chi connectivity index (χ0) is 16.5. The predicted octanol–water partition coefficient (Wildman–Crippen LogP) is 3.78. The van der Waals surface area contributed by atoms with Crippen LogP contribution in [0.2, 0.25) is 0 Å². The van der Waals surface area contributed by atoms with Crippen LogP contribution < -0.4 is 5.32 Å². The zero-order valence-electron chi connectivity index (χ0n) is 13.2. The van der Waals surface area contributed by atoms with Crippen molar-refractivity contribution in [2.45, 2.75) is 12.5 Å². The molecule has 2 aliphatic heterocycles. The number of benzene rings is 1. The van der Waals surface area contributed by atoms with Crippen LogP contribution in [0.3, 0.4) is 0 Å². The number of dihydropyridines is 1. The van der Waals surface area contributed by atoms with Gasteiger partial charge in [0.05, 0.1) is 11.6 Å². The first-order valence-electron chi connectivity index (χ1n) is 8.00. The molecular weight excluding hydrogens is 316 g/mol. The lowest BCUT2D eigenvalue weighted by molar-refractivity contribution is -0.128. The van der Waals surface area contributed by atoms with Gasteiger partial charge in [-0.1, -0.05) is 36.9 Å². The molecule has 3 heterocycles. The molecule has 0 radical (unpaired) electrons. The van der Waals surface area contributed by atoms with E-state index in [0.29, 0.717) is 5.57 Å². The van der Waals surface area contributed by atoms with Gasteiger partial charge in [0.1, 0.15) is 0 Å². The first kappa shape index (κ1) is 15.0. The number of fused-ring (bicyclic) bond motifs is 1. The lowest BCUT2D eigenvalue weighted by Crippen LogP contribution is -2.41. The first-order valence-corrected chi connectivity index (χ1v) is 8.88. The van der Waals surface area contributed by atoms with Gasteiger partial charge in [0.25, 0.3) is 5.91 Å². The molecule has 24 heavy (non-hydrogen) atoms. The van der Waals surface area contributed by atoms with Crippen molar-refractivity contribution < 1.29 is 4.79 Å². The normalized spacial score (nSPS) is 19.5. The molecule has 0 aliphatic carbocycles. The van der Waals surface area contributed by atoms with Crippen molar-refractivity contribution in [1.29, 1.82) is 0 Å². The van der Waals surface area contributed by atoms with Crippen LogP contribution in [0.5, 0.6) is 0 Å². The Balaban J connectivity index is 1.73. The Labute approximate surface area is 145 Å². The quantitative estimate of drug-likeness (QED) is 0.906. The third-order valence-corrected chi connectivity index (χ3v) is 5.46. The van der Waals surface area contributed by atoms with E-state index < -0.39 is 0 Å². The van der Waals surface area contributed by atoms with Crippen molar-refractivity contribution in [2.24, 2.45) is 0 Å². The summed E-state index contributed by atoms with van der Waals surface area (Å²) in [5.74, 6) is 0.0527. The molecule has 120 valence electrons. The van der Waals surface area contributed by atoms with E-state index in [1.807, 2.05) is 35.3 Å². The van der Waals surface area contributed by atoms with Gasteiger partial charge in [0.15, 0.2) is 0 Å². The standard InChI is InChI=1S/C20H18N2OS/c1-14-7-8-16(13-21-14)20(23)22-11-9-18-17(10-12-24-18)19(22)15-5-3-2-4-6-15/h2-8,10,12-13,19,21H,1,9,11H2/t19-/m0/s1. The average Bonchev–Trinajstić information content (AvgIpc) is 3.10. The maximum Gasteiger partial charge on any atom is 0.256 e. The summed E-state index contributed by atoms with van der Waals surface area (Å²) in [6.07, 6.45) is 6.34. The molecule has 4 rings (SSSR count). The summed E-state index contributed by atoms with van der Waals surface area (Å²) < 4.78 is 0. The molecular formula is C20H18N2OS. The molecule has 1 aromatic heterocycles. The van der Waals surface area contributed by atoms with Crippen LogP contribution in [-0.2, 0) is 11.2 Å². The van der Waals surface area contributed by atoms with Gasteiger partial charge in [0.2, 0.25) is 0 Å². The highest BCUT2D eigenvalue weighted by Crippen LogP contribution is 2.38. The summed E-state index contributed by atoms with van der Waals surface area (Å²) in [6, 6.07) is 12.4. The number of nitrogens with one attached hydrogen (secondary N) is 1. The van der Waals surface area contributed by atoms with Gasteiger partial charge >= 0.3 is 0 Å². The molecule has 0 saturated carbocycles. The molecule has 1 atom stereocenters. The highest BCUT2D eigenvalue weighted by molar-refractivity contribution is 7.10. The third kappa shape index (κ3) is 2.59. The largest absolute Gasteiger partial charge is 0.361 e. The molecule has 0 spiro atoms. The van der Waals surface area contributed by atoms with Gasteiger partial charge in [-0.2, -0.15) is 0 Å². The van der Waals surface area contributed by atoms with E-state index in [1.165, 1.54) is 10.4 Å². The minimum Gasteiger partial charge on any atom is -0.361 e. The Bertz CT molecular complexity index is 848. The van der Waals surface area contributed by atoms with Crippen LogP contribution in [0.15, 0.2) is 78.0 Å². The third-order valence-electron chi connectivity index (χ3n) is 4.47. The maximum absolute atomic E-state index is 13.1. The number of nitrogens with zero attached hydrogens (tertiary/aromatic N) is 1. The van der Waals surface area contributed by atoms with Crippen LogP contribution in [0.1, 0.15) is 22.0 Å². The minimum atomic E-state index is -0.0203. The molecule has 2 aromatic rings. The molecule has 0 fully saturated rings. The van der Waals surface area contributed by atoms with E-state index in [-0.39, 0.29) is 11.9 Å². The number of thiophene rings is 1. The van der Waals surface area contributed by atoms with Crippen molar-refractivity contribution >= 4 is 17.2 Å². The van der Waals surface area contributed by atoms with Crippen LogP contribution in [-0.4, -0.2) is 17.4 Å². The van der Waals surface area contributed by atoms with Gasteiger partial charge in [-0.05, 0) is 41.1 Å². The summed E-state index contributed by atoms with van der Waals surface area (Å²) >= 11 is 1.78. The van der Waals surface area contributed by atoms with Crippen molar-refractivity contribution in [3.05, 3.63) is 94.0 Å². The van der Waals surface area contributed by atoms with E-state index in [9.17, 15) is 4.79 Å². The van der Waals surface area contributed by atoms with Crippen molar-refractivity contribution in [3.63, 3.8) is 0 Å². The van der Waals surface area contributed by atoms with E-state index in [0.717, 1.165) is 24.2 Å². The van der Waals surface area contributed by atoms with Crippen LogP contribution in [0.4, 0.5) is 0 Å². The highest BCUT2D eigenvalue weighted by atomic mass is 32.1. The van der Waals surface area contributed by atoms with Gasteiger partial charge in [-0.25, -0.2) is 0 Å². The van der Waals surface area contributed by atoms with Crippen molar-refractivity contribution in [2.75, 3.05) is 6.54 Å². The second-order valence-corrected chi connectivity index (χ2v) is 6.96. The Hall–Kier alpha value is -2.59. The molecule has 3 nitrogen and oxygen atoms in total. The number of hydrogen-bond donors (Lipinski definition) is 1. The van der Waals surface area contributed by atoms with Crippen LogP contribution in [0, 0.1) is 0 Å². The molecule has 1 N–H and O–H groups in total. The fourth-order valence-electron chi connectivity index (χ4n) is 3.29. The fraction of sp³-hybridized carbons (Fsp3) is 0.150. The topological polar surface area (TPSA) is 32.3 Å². The number of rotatable bonds is 2. The first-order chi connectivity index (χ1) is 11.7. The SMILES string of the molecule is C=C1C=CC(C(=O)N2CCc3sccc3[C@@H]2c2ccccc2)=CN1. The molecule has 1 amide bonds. The van der Waals surface area contributed by atoms with Gasteiger partial charge in [-0.3, -0.25) is 4.79 Å². The van der Waals surface area contributed by atoms with Gasteiger partial charge < -0.3 is 10.2 Å². The molecule has 4 heteroatoms. The van der Waals surface area contributed by atoms with Gasteiger partial charge in [0, 0.05) is 23.3 Å². The number of carbonyl (C=O) groups excluding carboxylic acids is 1. The summed E-state index contributed by atoms with van der Waals surface area (Å²) in [5.41, 5.74) is 3.87. The molecule has 0 bridgehead atoms. The molecule has 0 unspecified atom stereocenters. The van der Waals surface area contributed by atoms with Crippen molar-refractivity contribution in [3.8, 4) is 0 Å². The summed E-state index contributed by atoms with van der Waals surface area (Å²) in [4.78, 5) is 16.5. The fourth-order valence-corrected chi connectivity index (χ4v) is 4.19. The number of carbonyl (C=O) groups is 1. The van der Waals surface area contributed by atoms with E-state index in [4.69, 9.17) is 0 Å². The lowest BCUT2D eigenvalue weighted by atomic mass is 9.92. The Morgan fingerprint density at radius 2 is 2.04 bits per heavy atom. The number of amides is 1. The number of allylic oxidation sites excluding steroid dienone is 1. The highest BCUT2D eigenvalue weighted by Gasteiger charge is 2.33. The molecule has 2 aliphatic rings. The predicted molar refractivity (Wildman–Crippen MR) is 97.5 cm³/mol. The van der Waals surface area contributed by atoms with E-state index in [1.54, 1.807) is 17.5 Å². The van der Waals surface area contributed by atoms with E-state index in [2.05, 4.69) is 35.5 Å². The smallest absolute Gasteiger partial charge is 0.256 e. The summed E-state index contributed by atoms with van der Waals surface area (Å²) in [5, 5.41) is 5.16. The minimum absolute atomic E-state index is 0.0203. The second-order valence-electron chi connectivity index (χ2n) is 5.96. The lowest BCUT2D eigenvalue weighted by Gasteiger charge is -2.36. The number of hydrogen-bond acceptors (Lipinski definition) is 3. The zero-order valence-corrected chi connectivity index (χ0v) is 14.1. The molecule has 1 aromatic carbocycles. The monoisotopic (exact) mass is 334 g/mol. The summed E-state index contributed by atoms with van der Waals surface area (Å²) in [6.45, 7) is 4.57. The Morgan fingerprint density at radius 3 is 2.79 bits per heavy atom. The molecule has 0 saturated heterocycles. The van der Waals surface area contributed by atoms with E-state index >= 15 is 0 Å². The second kappa shape index (κ2) is 6.13. The maximum atomic E-state index is 13.1. The van der Waals surface area contributed by atoms with Gasteiger partial charge in [-0.15, -0.1) is 11.3 Å². The van der Waals surface area contributed by atoms with Crippen LogP contribution >= 0.6 is 11.3 Å². The van der Waals surface area contributed by atoms with Crippen molar-refractivity contribution in [1.82, 2.24) is 10.2 Å². The van der Waals surface area contributed by atoms with Crippen LogP contribution in [0.25, 0.3) is 0 Å². The Kier molecular flexibility index (Phi) is 3.82. The summed E-state index contributed by atoms with van der Waals surface area (Å²) in [7, 11) is 0. The Morgan fingerprint density at radius 1 is 1.21 bits per heavy atom. The average molecular weight is 334 g/mol.